The van der Waals surface area contributed by atoms with Gasteiger partial charge in [0.15, 0.2) is 0 Å². The zero-order valence-corrected chi connectivity index (χ0v) is 33.2. The van der Waals surface area contributed by atoms with E-state index in [0.29, 0.717) is 50.9 Å². The molecule has 1 N–H and O–H groups in total. The lowest BCUT2D eigenvalue weighted by Crippen LogP contribution is -2.64. The second kappa shape index (κ2) is 19.3. The number of aliphatic hydroxyl groups is 1. The molecule has 3 heterocycles. The number of esters is 1. The Morgan fingerprint density at radius 3 is 2.27 bits per heavy atom. The summed E-state index contributed by atoms with van der Waals surface area (Å²) in [6.07, 6.45) is 12.5. The Balaban J connectivity index is 1.73. The maximum atomic E-state index is 14.2. The smallest absolute Gasteiger partial charge is 0.329 e. The first-order chi connectivity index (χ1) is 24.7. The van der Waals surface area contributed by atoms with Crippen molar-refractivity contribution in [3.8, 4) is 0 Å². The van der Waals surface area contributed by atoms with Crippen LogP contribution in [0, 0.1) is 29.6 Å². The fourth-order valence-electron chi connectivity index (χ4n) is 9.15. The minimum absolute atomic E-state index is 0.116. The molecule has 0 aromatic carbocycles. The zero-order chi connectivity index (χ0) is 38.2. The fourth-order valence-corrected chi connectivity index (χ4v) is 9.15. The quantitative estimate of drug-likeness (QED) is 0.183. The Morgan fingerprint density at radius 1 is 0.962 bits per heavy atom. The summed E-state index contributed by atoms with van der Waals surface area (Å²) >= 11 is 0. The van der Waals surface area contributed by atoms with Crippen molar-refractivity contribution in [2.45, 2.75) is 168 Å². The van der Waals surface area contributed by atoms with Gasteiger partial charge in [0, 0.05) is 39.0 Å². The van der Waals surface area contributed by atoms with Crippen LogP contribution in [0.4, 0.5) is 0 Å². The monoisotopic (exact) mass is 729 g/mol. The van der Waals surface area contributed by atoms with Gasteiger partial charge in [-0.2, -0.15) is 0 Å². The Kier molecular flexibility index (Phi) is 15.7. The van der Waals surface area contributed by atoms with Crippen LogP contribution in [0.2, 0.25) is 0 Å². The topological polar surface area (TPSA) is 129 Å². The van der Waals surface area contributed by atoms with E-state index in [1.165, 1.54) is 24.2 Å². The lowest BCUT2D eigenvalue weighted by Gasteiger charge is -2.47. The van der Waals surface area contributed by atoms with Gasteiger partial charge >= 0.3 is 5.97 Å². The number of carbonyl (C=O) groups excluding carboxylic acids is 4. The first kappa shape index (κ1) is 42.3. The van der Waals surface area contributed by atoms with E-state index >= 15 is 0 Å². The SMILES string of the molecule is CCC1C=C(C)CC(C)CC(OC)C2OC(O)(C(=O)C(=O)N3CCCCC3C(=O)OC(C(C)=CC3CCCCC3)C(C)CCC1=O)C(C)CC2OC. The number of Topliss-reactive ketones (excluding diaryl/α,β-unsaturated/α-hetero) is 2. The molecule has 10 unspecified atom stereocenters. The van der Waals surface area contributed by atoms with Gasteiger partial charge in [-0.3, -0.25) is 14.4 Å². The molecule has 0 aromatic heterocycles. The average Bonchev–Trinajstić information content (AvgIpc) is 3.14. The summed E-state index contributed by atoms with van der Waals surface area (Å²) in [7, 11) is 3.13. The van der Waals surface area contributed by atoms with Gasteiger partial charge in [-0.25, -0.2) is 4.79 Å². The molecular weight excluding hydrogens is 662 g/mol. The normalized spacial score (nSPS) is 37.5. The van der Waals surface area contributed by atoms with Crippen LogP contribution in [-0.4, -0.2) is 90.5 Å². The molecule has 294 valence electrons. The van der Waals surface area contributed by atoms with Gasteiger partial charge in [0.05, 0.1) is 12.2 Å². The molecule has 1 amide bonds. The molecule has 1 saturated carbocycles. The number of methoxy groups -OCH3 is 2. The van der Waals surface area contributed by atoms with Crippen molar-refractivity contribution in [2.75, 3.05) is 20.8 Å². The number of ether oxygens (including phenoxy) is 4. The molecule has 3 aliphatic heterocycles. The number of piperidine rings is 1. The van der Waals surface area contributed by atoms with E-state index < -0.39 is 59.8 Å². The fraction of sp³-hybridized carbons (Fsp3) is 0.810. The number of fused-ring (bicyclic) bond motifs is 3. The van der Waals surface area contributed by atoms with E-state index in [0.717, 1.165) is 30.4 Å². The maximum Gasteiger partial charge on any atom is 0.329 e. The Bertz CT molecular complexity index is 1300. The van der Waals surface area contributed by atoms with Crippen molar-refractivity contribution in [1.29, 1.82) is 0 Å². The van der Waals surface area contributed by atoms with Gasteiger partial charge in [-0.1, -0.05) is 64.7 Å². The van der Waals surface area contributed by atoms with Crippen molar-refractivity contribution < 1.29 is 43.2 Å². The number of allylic oxidation sites excluding steroid dienone is 3. The molecule has 0 spiro atoms. The van der Waals surface area contributed by atoms with Gasteiger partial charge in [0.2, 0.25) is 5.79 Å². The van der Waals surface area contributed by atoms with Crippen molar-refractivity contribution in [2.24, 2.45) is 29.6 Å². The lowest BCUT2D eigenvalue weighted by atomic mass is 9.82. The standard InChI is InChI=1S/C42H67NO9/c1-9-32-22-26(2)21-27(3)23-35(49-7)38-36(50-8)25-30(6)42(48,52-38)39(45)40(46)43-20-14-13-17-33(43)41(47)51-37(28(4)18-19-34(32)44)29(5)24-31-15-11-10-12-16-31/h22,24,27-28,30-33,35-38,48H,9-21,23,25H2,1-8H3. The van der Waals surface area contributed by atoms with E-state index in [4.69, 9.17) is 18.9 Å². The molecule has 4 aliphatic rings. The van der Waals surface area contributed by atoms with Crippen LogP contribution in [0.15, 0.2) is 23.3 Å². The first-order valence-electron chi connectivity index (χ1n) is 20.1. The number of rotatable bonds is 5. The number of nitrogens with zero attached hydrogens (tertiary/aromatic N) is 1. The molecule has 10 nitrogen and oxygen atoms in total. The maximum absolute atomic E-state index is 14.2. The zero-order valence-electron chi connectivity index (χ0n) is 33.2. The van der Waals surface area contributed by atoms with E-state index in [9.17, 15) is 24.3 Å². The first-order valence-corrected chi connectivity index (χ1v) is 20.1. The van der Waals surface area contributed by atoms with Gasteiger partial charge in [0.25, 0.3) is 11.7 Å². The van der Waals surface area contributed by atoms with Crippen molar-refractivity contribution in [3.63, 3.8) is 0 Å². The Morgan fingerprint density at radius 2 is 1.62 bits per heavy atom. The number of ketones is 2. The van der Waals surface area contributed by atoms with Crippen LogP contribution >= 0.6 is 0 Å². The molecule has 52 heavy (non-hydrogen) atoms. The molecule has 3 fully saturated rings. The molecule has 10 atom stereocenters. The third kappa shape index (κ3) is 10.2. The van der Waals surface area contributed by atoms with Crippen LogP contribution in [0.25, 0.3) is 0 Å². The minimum atomic E-state index is -2.43. The molecule has 4 rings (SSSR count). The summed E-state index contributed by atoms with van der Waals surface area (Å²) in [4.78, 5) is 57.4. The Hall–Kier alpha value is -2.40. The lowest BCUT2D eigenvalue weighted by molar-refractivity contribution is -0.302. The predicted octanol–water partition coefficient (Wildman–Crippen LogP) is 6.91. The van der Waals surface area contributed by atoms with Crippen molar-refractivity contribution >= 4 is 23.4 Å². The van der Waals surface area contributed by atoms with Crippen LogP contribution < -0.4 is 0 Å². The van der Waals surface area contributed by atoms with Gasteiger partial charge in [-0.05, 0) is 101 Å². The molecule has 0 aromatic rings. The van der Waals surface area contributed by atoms with Gasteiger partial charge in [0.1, 0.15) is 24.0 Å². The molecule has 2 bridgehead atoms. The summed E-state index contributed by atoms with van der Waals surface area (Å²) < 4.78 is 24.4. The van der Waals surface area contributed by atoms with Crippen molar-refractivity contribution in [1.82, 2.24) is 4.90 Å². The molecule has 0 radical (unpaired) electrons. The van der Waals surface area contributed by atoms with Crippen LogP contribution in [0.3, 0.4) is 0 Å². The van der Waals surface area contributed by atoms with Gasteiger partial charge in [-0.15, -0.1) is 0 Å². The summed E-state index contributed by atoms with van der Waals surface area (Å²) in [5.74, 6) is -5.44. The number of carbonyl (C=O) groups is 4. The third-order valence-electron chi connectivity index (χ3n) is 12.3. The summed E-state index contributed by atoms with van der Waals surface area (Å²) in [6, 6.07) is -0.978. The summed E-state index contributed by atoms with van der Waals surface area (Å²) in [5.41, 5.74) is 2.07. The van der Waals surface area contributed by atoms with Crippen molar-refractivity contribution in [3.05, 3.63) is 23.3 Å². The molecule has 2 saturated heterocycles. The molecule has 1 aliphatic carbocycles. The highest BCUT2D eigenvalue weighted by Gasteiger charge is 2.56. The largest absolute Gasteiger partial charge is 0.456 e. The highest BCUT2D eigenvalue weighted by atomic mass is 16.7. The highest BCUT2D eigenvalue weighted by Crippen LogP contribution is 2.39. The summed E-state index contributed by atoms with van der Waals surface area (Å²) in [6.45, 7) is 12.1. The van der Waals surface area contributed by atoms with Crippen LogP contribution in [0.1, 0.15) is 131 Å². The van der Waals surface area contributed by atoms with E-state index in [1.807, 2.05) is 20.8 Å². The third-order valence-corrected chi connectivity index (χ3v) is 12.3. The van der Waals surface area contributed by atoms with E-state index in [1.54, 1.807) is 21.1 Å². The molecule has 10 heteroatoms. The minimum Gasteiger partial charge on any atom is -0.456 e. The second-order valence-electron chi connectivity index (χ2n) is 16.5. The highest BCUT2D eigenvalue weighted by molar-refractivity contribution is 6.39. The number of hydrogen-bond donors (Lipinski definition) is 1. The van der Waals surface area contributed by atoms with Gasteiger partial charge < -0.3 is 29.0 Å². The number of hydrogen-bond acceptors (Lipinski definition) is 9. The predicted molar refractivity (Wildman–Crippen MR) is 199 cm³/mol. The summed E-state index contributed by atoms with van der Waals surface area (Å²) in [5, 5.41) is 12.0. The van der Waals surface area contributed by atoms with E-state index in [2.05, 4.69) is 26.0 Å². The Labute approximate surface area is 312 Å². The average molecular weight is 730 g/mol. The van der Waals surface area contributed by atoms with Crippen LogP contribution in [-0.2, 0) is 38.1 Å². The van der Waals surface area contributed by atoms with E-state index in [-0.39, 0.29) is 36.5 Å². The molecular formula is C42H67NO9. The number of amides is 1. The second-order valence-corrected chi connectivity index (χ2v) is 16.5. The number of cyclic esters (lactones) is 1. The van der Waals surface area contributed by atoms with Crippen LogP contribution in [0.5, 0.6) is 0 Å².